The molecule has 0 heterocycles. The van der Waals surface area contributed by atoms with Crippen LogP contribution in [0.3, 0.4) is 0 Å². The van der Waals surface area contributed by atoms with Gasteiger partial charge in [-0.3, -0.25) is 0 Å². The van der Waals surface area contributed by atoms with Crippen molar-refractivity contribution in [3.05, 3.63) is 54.1 Å². The predicted octanol–water partition coefficient (Wildman–Crippen LogP) is 3.97. The summed E-state index contributed by atoms with van der Waals surface area (Å²) in [5.74, 6) is 0. The molecule has 0 unspecified atom stereocenters. The number of benzene rings is 2. The first-order valence-electron chi connectivity index (χ1n) is 5.90. The fourth-order valence-electron chi connectivity index (χ4n) is 1.83. The van der Waals surface area contributed by atoms with Gasteiger partial charge in [-0.2, -0.15) is 0 Å². The molecule has 0 nitrogen and oxygen atoms in total. The summed E-state index contributed by atoms with van der Waals surface area (Å²) in [5.41, 5.74) is 2.41. The van der Waals surface area contributed by atoms with Gasteiger partial charge in [-0.25, -0.2) is 0 Å². The highest BCUT2D eigenvalue weighted by atomic mass is 19.4. The van der Waals surface area contributed by atoms with Crippen molar-refractivity contribution in [3.8, 4) is 11.1 Å². The maximum absolute atomic E-state index is 12.5. The average molecular weight is 249 g/mol. The minimum absolute atomic E-state index is 0.552. The molecule has 0 saturated carbocycles. The van der Waals surface area contributed by atoms with Gasteiger partial charge in [-0.1, -0.05) is 55.5 Å². The summed E-state index contributed by atoms with van der Waals surface area (Å²) in [7, 11) is 0. The van der Waals surface area contributed by atoms with Crippen LogP contribution in [0.4, 0.5) is 12.9 Å². The van der Waals surface area contributed by atoms with E-state index >= 15 is 0 Å². The average Bonchev–Trinajstić information content (AvgIpc) is 2.38. The Morgan fingerprint density at radius 1 is 0.778 bits per heavy atom. The molecule has 0 spiro atoms. The molecule has 2 aromatic rings. The zero-order valence-corrected chi connectivity index (χ0v) is 10.0. The Morgan fingerprint density at radius 2 is 1.22 bits per heavy atom. The van der Waals surface area contributed by atoms with Gasteiger partial charge in [-0.05, 0) is 23.1 Å². The van der Waals surface area contributed by atoms with Gasteiger partial charge in [0.2, 0.25) is 0 Å². The van der Waals surface area contributed by atoms with Gasteiger partial charge >= 0.3 is 6.98 Å². The van der Waals surface area contributed by atoms with Crippen LogP contribution in [0.5, 0.6) is 0 Å². The number of rotatable bonds is 3. The Balaban J connectivity index is 2.28. The van der Waals surface area contributed by atoms with Crippen LogP contribution < -0.4 is 5.46 Å². The second-order valence-electron chi connectivity index (χ2n) is 4.25. The number of hydrogen-bond donors (Lipinski definition) is 0. The molecule has 0 aromatic heterocycles. The SMILES string of the molecule is CCc1ccc(-c2ccc([B-](F)(F)F)cc2)cc1. The van der Waals surface area contributed by atoms with Crippen molar-refractivity contribution in [1.29, 1.82) is 0 Å². The molecule has 0 radical (unpaired) electrons. The molecule has 0 aliphatic heterocycles. The zero-order chi connectivity index (χ0) is 13.2. The molecular weight excluding hydrogens is 236 g/mol. The number of hydrogen-bond acceptors (Lipinski definition) is 0. The third-order valence-electron chi connectivity index (χ3n) is 2.98. The molecular formula is C14H13BF3-. The van der Waals surface area contributed by atoms with Crippen molar-refractivity contribution in [2.75, 3.05) is 0 Å². The van der Waals surface area contributed by atoms with E-state index in [1.54, 1.807) is 0 Å². The fourth-order valence-corrected chi connectivity index (χ4v) is 1.83. The lowest BCUT2D eigenvalue weighted by Crippen LogP contribution is -2.33. The lowest BCUT2D eigenvalue weighted by Gasteiger charge is -2.15. The third-order valence-corrected chi connectivity index (χ3v) is 2.98. The molecule has 2 rings (SSSR count). The lowest BCUT2D eigenvalue weighted by molar-refractivity contribution is 0.501. The van der Waals surface area contributed by atoms with Gasteiger partial charge in [0.05, 0.1) is 0 Å². The van der Waals surface area contributed by atoms with E-state index in [9.17, 15) is 12.9 Å². The van der Waals surface area contributed by atoms with Crippen molar-refractivity contribution in [1.82, 2.24) is 0 Å². The largest absolute Gasteiger partial charge is 0.509 e. The Labute approximate surface area is 105 Å². The zero-order valence-electron chi connectivity index (χ0n) is 10.0. The maximum Gasteiger partial charge on any atom is 0.509 e. The minimum atomic E-state index is -4.90. The summed E-state index contributed by atoms with van der Waals surface area (Å²) < 4.78 is 37.4. The van der Waals surface area contributed by atoms with Crippen LogP contribution in [0, 0.1) is 0 Å². The highest BCUT2D eigenvalue weighted by Gasteiger charge is 2.24. The Bertz CT molecular complexity index is 512. The molecule has 4 heteroatoms. The molecule has 0 fully saturated rings. The van der Waals surface area contributed by atoms with Gasteiger partial charge < -0.3 is 12.9 Å². The fraction of sp³-hybridized carbons (Fsp3) is 0.143. The van der Waals surface area contributed by atoms with E-state index in [0.717, 1.165) is 29.7 Å². The van der Waals surface area contributed by atoms with Crippen molar-refractivity contribution in [3.63, 3.8) is 0 Å². The second kappa shape index (κ2) is 4.88. The first-order chi connectivity index (χ1) is 8.50. The first-order valence-corrected chi connectivity index (χ1v) is 5.90. The minimum Gasteiger partial charge on any atom is -0.445 e. The molecule has 0 atom stereocenters. The van der Waals surface area contributed by atoms with E-state index in [-0.39, 0.29) is 0 Å². The Hall–Kier alpha value is -1.71. The van der Waals surface area contributed by atoms with Gasteiger partial charge in [-0.15, -0.1) is 5.46 Å². The van der Waals surface area contributed by atoms with Gasteiger partial charge in [0.1, 0.15) is 0 Å². The lowest BCUT2D eigenvalue weighted by atomic mass is 9.79. The number of aryl methyl sites for hydroxylation is 1. The van der Waals surface area contributed by atoms with Crippen LogP contribution in [-0.2, 0) is 6.42 Å². The van der Waals surface area contributed by atoms with E-state index in [4.69, 9.17) is 0 Å². The smallest absolute Gasteiger partial charge is 0.445 e. The Kier molecular flexibility index (Phi) is 3.46. The van der Waals surface area contributed by atoms with E-state index in [0.29, 0.717) is 0 Å². The van der Waals surface area contributed by atoms with Crippen molar-refractivity contribution in [2.45, 2.75) is 13.3 Å². The van der Waals surface area contributed by atoms with Crippen LogP contribution >= 0.6 is 0 Å². The van der Waals surface area contributed by atoms with E-state index in [1.807, 2.05) is 24.3 Å². The van der Waals surface area contributed by atoms with E-state index in [1.165, 1.54) is 17.7 Å². The molecule has 94 valence electrons. The summed E-state index contributed by atoms with van der Waals surface area (Å²) in [5, 5.41) is 0. The maximum atomic E-state index is 12.5. The quantitative estimate of drug-likeness (QED) is 0.722. The van der Waals surface area contributed by atoms with E-state index < -0.39 is 12.4 Å². The van der Waals surface area contributed by atoms with E-state index in [2.05, 4.69) is 6.92 Å². The van der Waals surface area contributed by atoms with Crippen molar-refractivity contribution >= 4 is 12.4 Å². The molecule has 0 saturated heterocycles. The van der Waals surface area contributed by atoms with Crippen LogP contribution in [-0.4, -0.2) is 6.98 Å². The topological polar surface area (TPSA) is 0 Å². The van der Waals surface area contributed by atoms with Crippen LogP contribution in [0.15, 0.2) is 48.5 Å². The Morgan fingerprint density at radius 3 is 1.61 bits per heavy atom. The molecule has 0 aliphatic rings. The monoisotopic (exact) mass is 249 g/mol. The highest BCUT2D eigenvalue weighted by Crippen LogP contribution is 2.20. The standard InChI is InChI=1S/C14H13BF3/c1-2-11-3-5-12(6-4-11)13-7-9-14(10-8-13)15(16,17)18/h3-10H,2H2,1H3/q-1. The molecule has 0 amide bonds. The summed E-state index contributed by atoms with van der Waals surface area (Å²) in [6.45, 7) is -2.84. The van der Waals surface area contributed by atoms with Crippen molar-refractivity contribution < 1.29 is 12.9 Å². The highest BCUT2D eigenvalue weighted by molar-refractivity contribution is 6.73. The molecule has 0 aliphatic carbocycles. The molecule has 0 bridgehead atoms. The van der Waals surface area contributed by atoms with Crippen molar-refractivity contribution in [2.24, 2.45) is 0 Å². The normalized spacial score (nSPS) is 11.6. The second-order valence-corrected chi connectivity index (χ2v) is 4.25. The summed E-state index contributed by atoms with van der Waals surface area (Å²) in [6.07, 6.45) is 0.954. The summed E-state index contributed by atoms with van der Waals surface area (Å²) >= 11 is 0. The summed E-state index contributed by atoms with van der Waals surface area (Å²) in [4.78, 5) is 0. The van der Waals surface area contributed by atoms with Crippen LogP contribution in [0.1, 0.15) is 12.5 Å². The molecule has 2 aromatic carbocycles. The molecule has 0 N–H and O–H groups in total. The molecule has 18 heavy (non-hydrogen) atoms. The van der Waals surface area contributed by atoms with Crippen LogP contribution in [0.2, 0.25) is 0 Å². The summed E-state index contributed by atoms with van der Waals surface area (Å²) in [6, 6.07) is 13.2. The predicted molar refractivity (Wildman–Crippen MR) is 70.0 cm³/mol. The first kappa shape index (κ1) is 12.7. The van der Waals surface area contributed by atoms with Gasteiger partial charge in [0, 0.05) is 0 Å². The number of halogens is 3. The van der Waals surface area contributed by atoms with Gasteiger partial charge in [0.15, 0.2) is 0 Å². The van der Waals surface area contributed by atoms with Crippen LogP contribution in [0.25, 0.3) is 11.1 Å². The third kappa shape index (κ3) is 2.75. The van der Waals surface area contributed by atoms with Gasteiger partial charge in [0.25, 0.3) is 0 Å².